The van der Waals surface area contributed by atoms with Crippen molar-refractivity contribution in [1.29, 1.82) is 0 Å². The van der Waals surface area contributed by atoms with Gasteiger partial charge in [0.25, 0.3) is 0 Å². The highest BCUT2D eigenvalue weighted by molar-refractivity contribution is 9.10. The lowest BCUT2D eigenvalue weighted by Gasteiger charge is -2.31. The second kappa shape index (κ2) is 5.52. The molecule has 1 aromatic rings. The van der Waals surface area contributed by atoms with Crippen molar-refractivity contribution in [3.05, 3.63) is 33.3 Å². The zero-order valence-corrected chi connectivity index (χ0v) is 13.6. The van der Waals surface area contributed by atoms with Gasteiger partial charge in [0, 0.05) is 21.6 Å². The molecule has 2 unspecified atom stereocenters. The molecule has 1 fully saturated rings. The maximum absolute atomic E-state index is 6.31. The average molecular weight is 331 g/mol. The van der Waals surface area contributed by atoms with Gasteiger partial charge in [-0.05, 0) is 42.9 Å². The highest BCUT2D eigenvalue weighted by Crippen LogP contribution is 2.39. The zero-order valence-electron chi connectivity index (χ0n) is 11.3. The second-order valence-corrected chi connectivity index (χ2v) is 7.31. The molecule has 0 radical (unpaired) electrons. The minimum absolute atomic E-state index is 0.299. The summed E-state index contributed by atoms with van der Waals surface area (Å²) in [6.45, 7) is 6.91. The Morgan fingerprint density at radius 1 is 1.44 bits per heavy atom. The van der Waals surface area contributed by atoms with E-state index in [1.54, 1.807) is 0 Å². The summed E-state index contributed by atoms with van der Waals surface area (Å²) in [5.41, 5.74) is 1.58. The van der Waals surface area contributed by atoms with Crippen LogP contribution in [-0.2, 0) is 0 Å². The molecule has 1 nitrogen and oxygen atoms in total. The van der Waals surface area contributed by atoms with Crippen LogP contribution in [0, 0.1) is 5.41 Å². The second-order valence-electron chi connectivity index (χ2n) is 5.99. The summed E-state index contributed by atoms with van der Waals surface area (Å²) in [5.74, 6) is 0. The third kappa shape index (κ3) is 3.09. The maximum atomic E-state index is 6.31. The van der Waals surface area contributed by atoms with Crippen molar-refractivity contribution in [1.82, 2.24) is 5.32 Å². The molecule has 0 aromatic heterocycles. The molecule has 1 aliphatic carbocycles. The average Bonchev–Trinajstić information content (AvgIpc) is 2.58. The Morgan fingerprint density at radius 2 is 2.17 bits per heavy atom. The van der Waals surface area contributed by atoms with E-state index in [9.17, 15) is 0 Å². The standard InChI is InChI=1S/C15H21BrClN/c1-10(12-7-6-11(16)9-13(12)17)18-14-5-4-8-15(14,2)3/h6-7,9-10,14,18H,4-5,8H2,1-3H3. The summed E-state index contributed by atoms with van der Waals surface area (Å²) in [7, 11) is 0. The van der Waals surface area contributed by atoms with E-state index in [1.807, 2.05) is 6.07 Å². The molecule has 1 aromatic carbocycles. The van der Waals surface area contributed by atoms with E-state index in [0.29, 0.717) is 17.5 Å². The predicted molar refractivity (Wildman–Crippen MR) is 82.1 cm³/mol. The summed E-state index contributed by atoms with van der Waals surface area (Å²) in [4.78, 5) is 0. The summed E-state index contributed by atoms with van der Waals surface area (Å²) in [5, 5.41) is 4.58. The van der Waals surface area contributed by atoms with Gasteiger partial charge in [-0.25, -0.2) is 0 Å². The van der Waals surface area contributed by atoms with Crippen LogP contribution in [0.4, 0.5) is 0 Å². The zero-order chi connectivity index (χ0) is 13.3. The van der Waals surface area contributed by atoms with E-state index < -0.39 is 0 Å². The van der Waals surface area contributed by atoms with E-state index in [1.165, 1.54) is 24.8 Å². The third-order valence-electron chi connectivity index (χ3n) is 4.14. The highest BCUT2D eigenvalue weighted by atomic mass is 79.9. The molecule has 0 bridgehead atoms. The maximum Gasteiger partial charge on any atom is 0.0464 e. The van der Waals surface area contributed by atoms with E-state index in [-0.39, 0.29) is 0 Å². The molecule has 0 aliphatic heterocycles. The lowest BCUT2D eigenvalue weighted by Crippen LogP contribution is -2.39. The molecule has 1 saturated carbocycles. The first-order valence-corrected chi connectivity index (χ1v) is 7.78. The van der Waals surface area contributed by atoms with Gasteiger partial charge >= 0.3 is 0 Å². The monoisotopic (exact) mass is 329 g/mol. The summed E-state index contributed by atoms with van der Waals surface area (Å²) in [6, 6.07) is 7.01. The van der Waals surface area contributed by atoms with Gasteiger partial charge in [0.15, 0.2) is 0 Å². The number of nitrogens with one attached hydrogen (secondary N) is 1. The largest absolute Gasteiger partial charge is 0.307 e. The number of halogens is 2. The molecule has 1 N–H and O–H groups in total. The van der Waals surface area contributed by atoms with Gasteiger partial charge in [-0.1, -0.05) is 53.9 Å². The fourth-order valence-corrected chi connectivity index (χ4v) is 3.72. The summed E-state index contributed by atoms with van der Waals surface area (Å²) < 4.78 is 1.03. The van der Waals surface area contributed by atoms with Gasteiger partial charge in [0.1, 0.15) is 0 Å². The third-order valence-corrected chi connectivity index (χ3v) is 4.96. The Balaban J connectivity index is 2.10. The molecule has 18 heavy (non-hydrogen) atoms. The van der Waals surface area contributed by atoms with Crippen molar-refractivity contribution >= 4 is 27.5 Å². The molecule has 2 atom stereocenters. The smallest absolute Gasteiger partial charge is 0.0464 e. The van der Waals surface area contributed by atoms with Crippen LogP contribution < -0.4 is 5.32 Å². The van der Waals surface area contributed by atoms with Crippen LogP contribution in [0.15, 0.2) is 22.7 Å². The van der Waals surface area contributed by atoms with Crippen molar-refractivity contribution in [2.45, 2.75) is 52.1 Å². The quantitative estimate of drug-likeness (QED) is 0.789. The lowest BCUT2D eigenvalue weighted by atomic mass is 9.86. The van der Waals surface area contributed by atoms with Gasteiger partial charge in [-0.3, -0.25) is 0 Å². The minimum atomic E-state index is 0.299. The fourth-order valence-electron chi connectivity index (χ4n) is 2.88. The van der Waals surface area contributed by atoms with Crippen molar-refractivity contribution < 1.29 is 0 Å². The highest BCUT2D eigenvalue weighted by Gasteiger charge is 2.35. The first-order chi connectivity index (χ1) is 8.40. The fraction of sp³-hybridized carbons (Fsp3) is 0.600. The molecule has 0 amide bonds. The molecular weight excluding hydrogens is 310 g/mol. The molecular formula is C15H21BrClN. The Kier molecular flexibility index (Phi) is 4.40. The number of hydrogen-bond donors (Lipinski definition) is 1. The van der Waals surface area contributed by atoms with Crippen LogP contribution in [0.2, 0.25) is 5.02 Å². The first-order valence-electron chi connectivity index (χ1n) is 6.61. The van der Waals surface area contributed by atoms with Crippen molar-refractivity contribution in [2.24, 2.45) is 5.41 Å². The van der Waals surface area contributed by atoms with Crippen LogP contribution in [0.1, 0.15) is 51.6 Å². The van der Waals surface area contributed by atoms with Gasteiger partial charge in [0.05, 0.1) is 0 Å². The van der Waals surface area contributed by atoms with Crippen LogP contribution in [0.5, 0.6) is 0 Å². The van der Waals surface area contributed by atoms with E-state index in [4.69, 9.17) is 11.6 Å². The number of benzene rings is 1. The Labute approximate surface area is 123 Å². The molecule has 100 valence electrons. The molecule has 1 aliphatic rings. The number of hydrogen-bond acceptors (Lipinski definition) is 1. The number of rotatable bonds is 3. The Hall–Kier alpha value is -0.0500. The predicted octanol–water partition coefficient (Wildman–Crippen LogP) is 5.33. The molecule has 0 heterocycles. The van der Waals surface area contributed by atoms with E-state index in [2.05, 4.69) is 54.2 Å². The van der Waals surface area contributed by atoms with Gasteiger partial charge in [-0.15, -0.1) is 0 Å². The summed E-state index contributed by atoms with van der Waals surface area (Å²) >= 11 is 9.76. The normalized spacial score (nSPS) is 24.2. The van der Waals surface area contributed by atoms with Crippen molar-refractivity contribution in [3.8, 4) is 0 Å². The van der Waals surface area contributed by atoms with Crippen LogP contribution in [-0.4, -0.2) is 6.04 Å². The SMILES string of the molecule is CC(NC1CCCC1(C)C)c1ccc(Br)cc1Cl. The van der Waals surface area contributed by atoms with Gasteiger partial charge < -0.3 is 5.32 Å². The van der Waals surface area contributed by atoms with E-state index in [0.717, 1.165) is 9.50 Å². The van der Waals surface area contributed by atoms with E-state index >= 15 is 0 Å². The Morgan fingerprint density at radius 3 is 2.72 bits per heavy atom. The Bertz CT molecular complexity index is 431. The van der Waals surface area contributed by atoms with Crippen LogP contribution >= 0.6 is 27.5 Å². The molecule has 0 spiro atoms. The van der Waals surface area contributed by atoms with Crippen molar-refractivity contribution in [3.63, 3.8) is 0 Å². The first kappa shape index (κ1) is 14.4. The van der Waals surface area contributed by atoms with Gasteiger partial charge in [0.2, 0.25) is 0 Å². The topological polar surface area (TPSA) is 12.0 Å². The van der Waals surface area contributed by atoms with Crippen LogP contribution in [0.3, 0.4) is 0 Å². The van der Waals surface area contributed by atoms with Crippen LogP contribution in [0.25, 0.3) is 0 Å². The summed E-state index contributed by atoms with van der Waals surface area (Å²) in [6.07, 6.45) is 3.91. The van der Waals surface area contributed by atoms with Gasteiger partial charge in [-0.2, -0.15) is 0 Å². The molecule has 2 rings (SSSR count). The molecule has 0 saturated heterocycles. The lowest BCUT2D eigenvalue weighted by molar-refractivity contribution is 0.266. The molecule has 3 heteroatoms. The minimum Gasteiger partial charge on any atom is -0.307 e. The van der Waals surface area contributed by atoms with Crippen molar-refractivity contribution in [2.75, 3.05) is 0 Å².